The Morgan fingerprint density at radius 3 is 2.39 bits per heavy atom. The fourth-order valence-electron chi connectivity index (χ4n) is 2.77. The minimum Gasteiger partial charge on any atom is -0.507 e. The van der Waals surface area contributed by atoms with Crippen LogP contribution in [0.25, 0.3) is 6.08 Å². The number of ether oxygens (including phenoxy) is 3. The topological polar surface area (TPSA) is 102 Å². The molecule has 7 heteroatoms. The van der Waals surface area contributed by atoms with Crippen LogP contribution >= 0.6 is 0 Å². The standard InChI is InChI=1S/C16H14O7/c1-6-4-7-10(16(22-3)23-6)15(20)11-8(17)5-9(21-2)14(19)12(11)13(7)18/h4-5,16,18,20H,1-3H3. The Morgan fingerprint density at radius 2 is 1.78 bits per heavy atom. The van der Waals surface area contributed by atoms with Gasteiger partial charge in [0.1, 0.15) is 11.5 Å². The van der Waals surface area contributed by atoms with Gasteiger partial charge < -0.3 is 24.4 Å². The normalized spacial score (nSPS) is 19.3. The van der Waals surface area contributed by atoms with Crippen LogP contribution in [0.4, 0.5) is 0 Å². The van der Waals surface area contributed by atoms with Gasteiger partial charge in [0, 0.05) is 18.7 Å². The van der Waals surface area contributed by atoms with Crippen molar-refractivity contribution >= 4 is 17.6 Å². The number of fused-ring (bicyclic) bond motifs is 2. The number of Topliss-reactive ketones (excluding diaryl/α,β-unsaturated/α-hetero) is 1. The molecule has 0 radical (unpaired) electrons. The second-order valence-corrected chi connectivity index (χ2v) is 5.12. The maximum atomic E-state index is 12.4. The van der Waals surface area contributed by atoms with Gasteiger partial charge in [-0.1, -0.05) is 0 Å². The van der Waals surface area contributed by atoms with Crippen molar-refractivity contribution in [1.29, 1.82) is 0 Å². The number of phenolic OH excluding ortho intramolecular Hbond substituents is 2. The molecule has 1 aliphatic carbocycles. The van der Waals surface area contributed by atoms with E-state index in [9.17, 15) is 19.8 Å². The van der Waals surface area contributed by atoms with Crippen molar-refractivity contribution in [3.8, 4) is 11.5 Å². The molecule has 0 saturated carbocycles. The SMILES string of the molecule is COC1=CC(=O)c2c(O)c3c(c(O)c2C1=O)C=C(C)OC3OC. The number of rotatable bonds is 2. The highest BCUT2D eigenvalue weighted by Crippen LogP contribution is 2.47. The molecular weight excluding hydrogens is 304 g/mol. The number of methoxy groups -OCH3 is 2. The fraction of sp³-hybridized carbons (Fsp3) is 0.250. The highest BCUT2D eigenvalue weighted by Gasteiger charge is 2.39. The lowest BCUT2D eigenvalue weighted by Gasteiger charge is -2.28. The average Bonchev–Trinajstić information content (AvgIpc) is 2.53. The summed E-state index contributed by atoms with van der Waals surface area (Å²) in [7, 11) is 2.61. The van der Waals surface area contributed by atoms with Crippen LogP contribution in [0.15, 0.2) is 17.6 Å². The molecule has 2 aliphatic rings. The Labute approximate surface area is 131 Å². The van der Waals surface area contributed by atoms with Crippen LogP contribution in [0.3, 0.4) is 0 Å². The largest absolute Gasteiger partial charge is 0.507 e. The van der Waals surface area contributed by atoms with Gasteiger partial charge in [-0.2, -0.15) is 0 Å². The van der Waals surface area contributed by atoms with E-state index in [4.69, 9.17) is 14.2 Å². The van der Waals surface area contributed by atoms with E-state index >= 15 is 0 Å². The smallest absolute Gasteiger partial charge is 0.232 e. The Kier molecular flexibility index (Phi) is 3.37. The molecule has 0 aromatic heterocycles. The van der Waals surface area contributed by atoms with E-state index in [1.165, 1.54) is 20.3 Å². The summed E-state index contributed by atoms with van der Waals surface area (Å²) in [5, 5.41) is 21.0. The highest BCUT2D eigenvalue weighted by molar-refractivity contribution is 6.26. The number of hydrogen-bond donors (Lipinski definition) is 2. The lowest BCUT2D eigenvalue weighted by atomic mass is 9.86. The summed E-state index contributed by atoms with van der Waals surface area (Å²) < 4.78 is 15.4. The number of hydrogen-bond acceptors (Lipinski definition) is 7. The number of carbonyl (C=O) groups excluding carboxylic acids is 2. The molecule has 2 N–H and O–H groups in total. The average molecular weight is 318 g/mol. The molecule has 1 unspecified atom stereocenters. The van der Waals surface area contributed by atoms with Crippen LogP contribution < -0.4 is 0 Å². The van der Waals surface area contributed by atoms with Gasteiger partial charge >= 0.3 is 0 Å². The maximum absolute atomic E-state index is 12.4. The second-order valence-electron chi connectivity index (χ2n) is 5.12. The molecule has 120 valence electrons. The lowest BCUT2D eigenvalue weighted by molar-refractivity contribution is -0.0997. The first-order valence-electron chi connectivity index (χ1n) is 6.74. The van der Waals surface area contributed by atoms with E-state index < -0.39 is 29.4 Å². The Balaban J connectivity index is 2.38. The first kappa shape index (κ1) is 15.1. The van der Waals surface area contributed by atoms with E-state index in [2.05, 4.69) is 0 Å². The number of aromatic hydroxyl groups is 2. The van der Waals surface area contributed by atoms with Crippen molar-refractivity contribution < 1.29 is 34.0 Å². The zero-order valence-corrected chi connectivity index (χ0v) is 12.7. The third kappa shape index (κ3) is 2.01. The van der Waals surface area contributed by atoms with Gasteiger partial charge in [0.15, 0.2) is 11.5 Å². The summed E-state index contributed by atoms with van der Waals surface area (Å²) in [4.78, 5) is 24.6. The minimum absolute atomic E-state index is 0.102. The maximum Gasteiger partial charge on any atom is 0.232 e. The van der Waals surface area contributed by atoms with E-state index in [0.29, 0.717) is 5.76 Å². The van der Waals surface area contributed by atoms with Crippen molar-refractivity contribution in [2.75, 3.05) is 14.2 Å². The molecule has 0 fully saturated rings. The molecule has 1 aliphatic heterocycles. The predicted octanol–water partition coefficient (Wildman–Crippen LogP) is 2.04. The quantitative estimate of drug-likeness (QED) is 0.804. The number of benzene rings is 1. The van der Waals surface area contributed by atoms with E-state index in [0.717, 1.165) is 6.08 Å². The molecular formula is C16H14O7. The molecule has 0 saturated heterocycles. The molecule has 7 nitrogen and oxygen atoms in total. The molecule has 23 heavy (non-hydrogen) atoms. The van der Waals surface area contributed by atoms with Gasteiger partial charge in [-0.15, -0.1) is 0 Å². The highest BCUT2D eigenvalue weighted by atomic mass is 16.7. The predicted molar refractivity (Wildman–Crippen MR) is 78.0 cm³/mol. The van der Waals surface area contributed by atoms with Crippen LogP contribution in [0.1, 0.15) is 45.1 Å². The number of ketones is 2. The van der Waals surface area contributed by atoms with Crippen molar-refractivity contribution in [3.63, 3.8) is 0 Å². The lowest BCUT2D eigenvalue weighted by Crippen LogP contribution is -2.22. The van der Waals surface area contributed by atoms with Crippen LogP contribution in [-0.4, -0.2) is 36.0 Å². The van der Waals surface area contributed by atoms with Crippen LogP contribution in [-0.2, 0) is 14.2 Å². The van der Waals surface area contributed by atoms with Crippen molar-refractivity contribution in [2.45, 2.75) is 13.2 Å². The van der Waals surface area contributed by atoms with Gasteiger partial charge in [0.2, 0.25) is 12.1 Å². The van der Waals surface area contributed by atoms with Gasteiger partial charge in [0.05, 0.1) is 29.6 Å². The fourth-order valence-corrected chi connectivity index (χ4v) is 2.77. The molecule has 0 spiro atoms. The van der Waals surface area contributed by atoms with Crippen molar-refractivity contribution in [2.24, 2.45) is 0 Å². The second kappa shape index (κ2) is 5.13. The third-order valence-corrected chi connectivity index (χ3v) is 3.79. The van der Waals surface area contributed by atoms with E-state index in [1.807, 2.05) is 0 Å². The zero-order chi connectivity index (χ0) is 16.9. The summed E-state index contributed by atoms with van der Waals surface area (Å²) in [6.07, 6.45) is 1.44. The molecule has 0 amide bonds. The van der Waals surface area contributed by atoms with Gasteiger partial charge in [-0.05, 0) is 13.0 Å². The third-order valence-electron chi connectivity index (χ3n) is 3.79. The zero-order valence-electron chi connectivity index (χ0n) is 12.7. The summed E-state index contributed by atoms with van der Waals surface area (Å²) in [6.45, 7) is 1.64. The van der Waals surface area contributed by atoms with Crippen LogP contribution in [0.5, 0.6) is 11.5 Å². The summed E-state index contributed by atoms with van der Waals surface area (Å²) in [5.41, 5.74) is -0.294. The van der Waals surface area contributed by atoms with Gasteiger partial charge in [-0.3, -0.25) is 9.59 Å². The monoisotopic (exact) mass is 318 g/mol. The molecule has 1 atom stereocenters. The van der Waals surface area contributed by atoms with Crippen LogP contribution in [0, 0.1) is 0 Å². The Hall–Kier alpha value is -2.80. The first-order chi connectivity index (χ1) is 10.9. The first-order valence-corrected chi connectivity index (χ1v) is 6.74. The number of carbonyl (C=O) groups is 2. The Bertz CT molecular complexity index is 801. The van der Waals surface area contributed by atoms with Gasteiger partial charge in [-0.25, -0.2) is 0 Å². The molecule has 0 bridgehead atoms. The molecule has 1 aromatic carbocycles. The van der Waals surface area contributed by atoms with Crippen LogP contribution in [0.2, 0.25) is 0 Å². The molecule has 1 heterocycles. The van der Waals surface area contributed by atoms with E-state index in [1.54, 1.807) is 6.92 Å². The molecule has 3 rings (SSSR count). The van der Waals surface area contributed by atoms with Crippen molar-refractivity contribution in [1.82, 2.24) is 0 Å². The Morgan fingerprint density at radius 1 is 1.09 bits per heavy atom. The van der Waals surface area contributed by atoms with E-state index in [-0.39, 0.29) is 28.0 Å². The molecule has 1 aromatic rings. The summed E-state index contributed by atoms with van der Waals surface area (Å²) in [6, 6.07) is 0. The number of phenols is 2. The minimum atomic E-state index is -0.998. The van der Waals surface area contributed by atoms with Gasteiger partial charge in [0.25, 0.3) is 0 Å². The summed E-state index contributed by atoms with van der Waals surface area (Å²) >= 11 is 0. The summed E-state index contributed by atoms with van der Waals surface area (Å²) in [5.74, 6) is -1.96. The van der Waals surface area contributed by atoms with Crippen molar-refractivity contribution in [3.05, 3.63) is 39.8 Å². The number of allylic oxidation sites excluding steroid dienone is 3.